The first kappa shape index (κ1) is 28.1. The number of hydrogen-bond donors (Lipinski definition) is 1. The lowest BCUT2D eigenvalue weighted by molar-refractivity contribution is -0.139. The van der Waals surface area contributed by atoms with Crippen molar-refractivity contribution in [3.63, 3.8) is 0 Å². The molecule has 0 aliphatic heterocycles. The summed E-state index contributed by atoms with van der Waals surface area (Å²) in [5, 5.41) is 4.87. The van der Waals surface area contributed by atoms with Gasteiger partial charge in [0.25, 0.3) is 0 Å². The number of amides is 2. The van der Waals surface area contributed by atoms with Crippen LogP contribution in [-0.2, 0) is 21.9 Å². The van der Waals surface area contributed by atoms with E-state index in [-0.39, 0.29) is 30.2 Å². The predicted octanol–water partition coefficient (Wildman–Crippen LogP) is 7.26. The summed E-state index contributed by atoms with van der Waals surface area (Å²) in [4.78, 5) is 27.9. The monoisotopic (exact) mass is 548 g/mol. The first-order valence-electron chi connectivity index (χ1n) is 10.7. The fourth-order valence-corrected chi connectivity index (χ4v) is 4.88. The van der Waals surface area contributed by atoms with Gasteiger partial charge in [-0.25, -0.2) is 0 Å². The minimum Gasteiger partial charge on any atom is -0.352 e. The van der Waals surface area contributed by atoms with E-state index in [2.05, 4.69) is 5.32 Å². The molecule has 0 radical (unpaired) electrons. The number of carbonyl (C=O) groups excluding carboxylic acids is 2. The summed E-state index contributed by atoms with van der Waals surface area (Å²) < 4.78 is 0. The highest BCUT2D eigenvalue weighted by molar-refractivity contribution is 7.99. The van der Waals surface area contributed by atoms with Gasteiger partial charge in [0.1, 0.15) is 6.04 Å². The number of benzene rings is 2. The summed E-state index contributed by atoms with van der Waals surface area (Å²) in [7, 11) is 0. The maximum Gasteiger partial charge on any atom is 0.243 e. The van der Waals surface area contributed by atoms with Crippen LogP contribution in [0, 0.1) is 0 Å². The van der Waals surface area contributed by atoms with Gasteiger partial charge in [-0.05, 0) is 49.6 Å². The maximum absolute atomic E-state index is 13.3. The largest absolute Gasteiger partial charge is 0.352 e. The lowest BCUT2D eigenvalue weighted by Gasteiger charge is -2.32. The number of halogens is 4. The van der Waals surface area contributed by atoms with Gasteiger partial charge in [-0.2, -0.15) is 0 Å². The molecule has 0 unspecified atom stereocenters. The van der Waals surface area contributed by atoms with Crippen LogP contribution < -0.4 is 5.32 Å². The van der Waals surface area contributed by atoms with Gasteiger partial charge in [-0.1, -0.05) is 72.4 Å². The van der Waals surface area contributed by atoms with Crippen LogP contribution in [0.2, 0.25) is 20.1 Å². The minimum atomic E-state index is -0.635. The van der Waals surface area contributed by atoms with Crippen LogP contribution in [0.15, 0.2) is 36.4 Å². The van der Waals surface area contributed by atoms with Crippen LogP contribution in [0.5, 0.6) is 0 Å². The molecule has 0 heterocycles. The third-order valence-electron chi connectivity index (χ3n) is 5.26. The van der Waals surface area contributed by atoms with Gasteiger partial charge in [0.2, 0.25) is 11.8 Å². The molecule has 2 amide bonds. The van der Waals surface area contributed by atoms with Crippen molar-refractivity contribution in [2.75, 3.05) is 5.75 Å². The van der Waals surface area contributed by atoms with E-state index in [0.29, 0.717) is 37.8 Å². The van der Waals surface area contributed by atoms with Crippen LogP contribution in [0.3, 0.4) is 0 Å². The van der Waals surface area contributed by atoms with Crippen molar-refractivity contribution < 1.29 is 9.59 Å². The summed E-state index contributed by atoms with van der Waals surface area (Å²) in [6, 6.07) is 9.98. The minimum absolute atomic E-state index is 0.0106. The normalized spacial score (nSPS) is 12.8. The molecule has 2 atom stereocenters. The van der Waals surface area contributed by atoms with Gasteiger partial charge < -0.3 is 10.2 Å². The van der Waals surface area contributed by atoms with E-state index >= 15 is 0 Å². The molecule has 0 fully saturated rings. The summed E-state index contributed by atoms with van der Waals surface area (Å²) in [5.41, 5.74) is 1.59. The number of thioether (sulfide) groups is 1. The second-order valence-corrected chi connectivity index (χ2v) is 10.3. The Bertz CT molecular complexity index is 953. The molecule has 0 aliphatic carbocycles. The Labute approximate surface area is 220 Å². The van der Waals surface area contributed by atoms with Crippen LogP contribution in [0.25, 0.3) is 0 Å². The molecular weight excluding hydrogens is 522 g/mol. The van der Waals surface area contributed by atoms with Crippen molar-refractivity contribution >= 4 is 70.0 Å². The van der Waals surface area contributed by atoms with Crippen molar-refractivity contribution in [1.29, 1.82) is 0 Å². The smallest absolute Gasteiger partial charge is 0.243 e. The molecule has 4 nitrogen and oxygen atoms in total. The Kier molecular flexibility index (Phi) is 11.7. The maximum atomic E-state index is 13.3. The third-order valence-corrected chi connectivity index (χ3v) is 7.69. The van der Waals surface area contributed by atoms with E-state index in [9.17, 15) is 9.59 Å². The molecule has 1 N–H and O–H groups in total. The Morgan fingerprint density at radius 2 is 1.64 bits per heavy atom. The number of rotatable bonds is 11. The summed E-state index contributed by atoms with van der Waals surface area (Å²) >= 11 is 26.3. The Hall–Kier alpha value is -1.11. The average molecular weight is 550 g/mol. The molecule has 0 bridgehead atoms. The molecule has 0 saturated carbocycles. The van der Waals surface area contributed by atoms with Gasteiger partial charge in [-0.15, -0.1) is 11.8 Å². The molecule has 2 aromatic rings. The van der Waals surface area contributed by atoms with E-state index in [1.807, 2.05) is 26.8 Å². The Morgan fingerprint density at radius 3 is 2.21 bits per heavy atom. The molecule has 0 aliphatic rings. The molecule has 0 aromatic heterocycles. The molecule has 2 aromatic carbocycles. The van der Waals surface area contributed by atoms with Gasteiger partial charge in [0.05, 0.1) is 15.8 Å². The second-order valence-electron chi connectivity index (χ2n) is 7.71. The number of carbonyl (C=O) groups is 2. The zero-order valence-electron chi connectivity index (χ0n) is 18.8. The Balaban J connectivity index is 2.21. The molecule has 2 rings (SSSR count). The van der Waals surface area contributed by atoms with Crippen LogP contribution in [0.1, 0.15) is 44.7 Å². The highest BCUT2D eigenvalue weighted by Crippen LogP contribution is 2.28. The average Bonchev–Trinajstić information content (AvgIpc) is 2.77. The fourth-order valence-electron chi connectivity index (χ4n) is 3.18. The van der Waals surface area contributed by atoms with E-state index in [1.165, 1.54) is 11.8 Å². The van der Waals surface area contributed by atoms with Crippen LogP contribution >= 0.6 is 58.2 Å². The molecule has 9 heteroatoms. The van der Waals surface area contributed by atoms with Crippen LogP contribution in [-0.4, -0.2) is 34.6 Å². The predicted molar refractivity (Wildman–Crippen MR) is 142 cm³/mol. The topological polar surface area (TPSA) is 49.4 Å². The van der Waals surface area contributed by atoms with Crippen LogP contribution in [0.4, 0.5) is 0 Å². The van der Waals surface area contributed by atoms with E-state index in [0.717, 1.165) is 12.0 Å². The molecule has 0 spiro atoms. The SMILES string of the molecule is CC[C@H](C)NC(=O)[C@H](CC)N(Cc1c(Cl)cccc1Cl)C(=O)CSCc1ccc(Cl)c(Cl)c1. The molecule has 33 heavy (non-hydrogen) atoms. The van der Waals surface area contributed by atoms with Gasteiger partial charge >= 0.3 is 0 Å². The number of nitrogens with zero attached hydrogens (tertiary/aromatic N) is 1. The lowest BCUT2D eigenvalue weighted by Crippen LogP contribution is -2.51. The number of nitrogens with one attached hydrogen (secondary N) is 1. The van der Waals surface area contributed by atoms with Crippen molar-refractivity contribution in [3.8, 4) is 0 Å². The van der Waals surface area contributed by atoms with E-state index in [4.69, 9.17) is 46.4 Å². The van der Waals surface area contributed by atoms with Gasteiger partial charge in [0.15, 0.2) is 0 Å². The van der Waals surface area contributed by atoms with Gasteiger partial charge in [0, 0.05) is 33.9 Å². The molecular formula is C24H28Cl4N2O2S. The van der Waals surface area contributed by atoms with Crippen molar-refractivity contribution in [2.24, 2.45) is 0 Å². The summed E-state index contributed by atoms with van der Waals surface area (Å²) in [6.07, 6.45) is 1.26. The van der Waals surface area contributed by atoms with E-state index < -0.39 is 6.04 Å². The highest BCUT2D eigenvalue weighted by Gasteiger charge is 2.30. The summed E-state index contributed by atoms with van der Waals surface area (Å²) in [6.45, 7) is 5.97. The van der Waals surface area contributed by atoms with Crippen molar-refractivity contribution in [1.82, 2.24) is 10.2 Å². The standard InChI is InChI=1S/C24H28Cl4N2O2S/c1-4-15(3)29-24(32)22(5-2)30(12-17-18(25)7-6-8-19(17)26)23(31)14-33-13-16-9-10-20(27)21(28)11-16/h6-11,15,22H,4-5,12-14H2,1-3H3,(H,29,32)/t15-,22-/m0/s1. The third kappa shape index (κ3) is 8.25. The first-order valence-corrected chi connectivity index (χ1v) is 13.4. The van der Waals surface area contributed by atoms with Crippen molar-refractivity contribution in [2.45, 2.75) is 58.0 Å². The van der Waals surface area contributed by atoms with E-state index in [1.54, 1.807) is 35.2 Å². The van der Waals surface area contributed by atoms with Gasteiger partial charge in [-0.3, -0.25) is 9.59 Å². The highest BCUT2D eigenvalue weighted by atomic mass is 35.5. The second kappa shape index (κ2) is 13.7. The van der Waals surface area contributed by atoms with Crippen molar-refractivity contribution in [3.05, 3.63) is 67.6 Å². The zero-order valence-corrected chi connectivity index (χ0v) is 22.7. The lowest BCUT2D eigenvalue weighted by atomic mass is 10.1. The summed E-state index contributed by atoms with van der Waals surface area (Å²) in [5.74, 6) is 0.425. The zero-order chi connectivity index (χ0) is 24.5. The number of hydrogen-bond acceptors (Lipinski definition) is 3. The molecule has 180 valence electrons. The molecule has 0 saturated heterocycles. The first-order chi connectivity index (χ1) is 15.7. The fraction of sp³-hybridized carbons (Fsp3) is 0.417. The Morgan fingerprint density at radius 1 is 0.970 bits per heavy atom. The quantitative estimate of drug-likeness (QED) is 0.321.